The van der Waals surface area contributed by atoms with Crippen LogP contribution in [0.15, 0.2) is 41.7 Å². The number of rotatable bonds is 5. The second-order valence-corrected chi connectivity index (χ2v) is 4.57. The minimum Gasteiger partial charge on any atom is -0.409 e. The Morgan fingerprint density at radius 2 is 2.16 bits per heavy atom. The molecule has 3 N–H and O–H groups in total. The molecule has 0 saturated heterocycles. The number of benzene rings is 1. The van der Waals surface area contributed by atoms with E-state index in [-0.39, 0.29) is 5.84 Å². The van der Waals surface area contributed by atoms with Crippen molar-refractivity contribution in [3.05, 3.63) is 42.1 Å². The first-order valence-corrected chi connectivity index (χ1v) is 6.18. The zero-order valence-corrected chi connectivity index (χ0v) is 11.0. The largest absolute Gasteiger partial charge is 0.409 e. The summed E-state index contributed by atoms with van der Waals surface area (Å²) in [5.41, 5.74) is 7.68. The molecule has 100 valence electrons. The highest BCUT2D eigenvalue weighted by atomic mass is 16.4. The van der Waals surface area contributed by atoms with E-state index in [1.807, 2.05) is 25.4 Å². The van der Waals surface area contributed by atoms with Crippen molar-refractivity contribution in [3.63, 3.8) is 0 Å². The molecule has 0 amide bonds. The molecule has 0 spiro atoms. The third-order valence-corrected chi connectivity index (χ3v) is 3.03. The Morgan fingerprint density at radius 1 is 1.37 bits per heavy atom. The summed E-state index contributed by atoms with van der Waals surface area (Å²) in [7, 11) is 2.01. The first-order valence-electron chi connectivity index (χ1n) is 6.18. The number of fused-ring (bicyclic) bond motifs is 1. The number of oxime groups is 1. The summed E-state index contributed by atoms with van der Waals surface area (Å²) in [6, 6.07) is 10.2. The Bertz CT molecular complexity index is 577. The van der Waals surface area contributed by atoms with Gasteiger partial charge in [-0.2, -0.15) is 0 Å². The minimum atomic E-state index is 0.253. The fraction of sp³-hybridized carbons (Fsp3) is 0.286. The SMILES string of the molecule is CN(CC/C(N)=N/O)Cc1cccc2cccnc12. The van der Waals surface area contributed by atoms with Crippen LogP contribution in [0.3, 0.4) is 0 Å². The molecular formula is C14H18N4O. The van der Waals surface area contributed by atoms with Crippen LogP contribution in [0, 0.1) is 0 Å². The van der Waals surface area contributed by atoms with Crippen molar-refractivity contribution in [3.8, 4) is 0 Å². The van der Waals surface area contributed by atoms with E-state index in [4.69, 9.17) is 10.9 Å². The molecule has 0 fully saturated rings. The lowest BCUT2D eigenvalue weighted by atomic mass is 10.1. The number of pyridine rings is 1. The van der Waals surface area contributed by atoms with E-state index in [0.717, 1.165) is 24.0 Å². The average molecular weight is 258 g/mol. The molecule has 0 atom stereocenters. The number of aromatic nitrogens is 1. The van der Waals surface area contributed by atoms with Gasteiger partial charge in [0.05, 0.1) is 5.52 Å². The van der Waals surface area contributed by atoms with Crippen LogP contribution in [0.5, 0.6) is 0 Å². The van der Waals surface area contributed by atoms with Crippen LogP contribution in [0.25, 0.3) is 10.9 Å². The number of para-hydroxylation sites is 1. The number of amidine groups is 1. The maximum absolute atomic E-state index is 8.51. The number of nitrogens with zero attached hydrogens (tertiary/aromatic N) is 3. The van der Waals surface area contributed by atoms with Crippen molar-refractivity contribution in [1.29, 1.82) is 0 Å². The molecule has 19 heavy (non-hydrogen) atoms. The van der Waals surface area contributed by atoms with Crippen molar-refractivity contribution in [1.82, 2.24) is 9.88 Å². The van der Waals surface area contributed by atoms with E-state index in [1.165, 1.54) is 5.56 Å². The Kier molecular flexibility index (Phi) is 4.30. The van der Waals surface area contributed by atoms with E-state index in [9.17, 15) is 0 Å². The van der Waals surface area contributed by atoms with Gasteiger partial charge in [0.25, 0.3) is 0 Å². The quantitative estimate of drug-likeness (QED) is 0.371. The molecule has 0 bridgehead atoms. The van der Waals surface area contributed by atoms with Gasteiger partial charge < -0.3 is 15.8 Å². The van der Waals surface area contributed by atoms with Gasteiger partial charge >= 0.3 is 0 Å². The zero-order valence-electron chi connectivity index (χ0n) is 11.0. The smallest absolute Gasteiger partial charge is 0.140 e. The Balaban J connectivity index is 2.08. The molecule has 2 rings (SSSR count). The van der Waals surface area contributed by atoms with E-state index < -0.39 is 0 Å². The van der Waals surface area contributed by atoms with Crippen molar-refractivity contribution >= 4 is 16.7 Å². The molecule has 1 aromatic carbocycles. The van der Waals surface area contributed by atoms with Gasteiger partial charge in [0.2, 0.25) is 0 Å². The summed E-state index contributed by atoms with van der Waals surface area (Å²) >= 11 is 0. The minimum absolute atomic E-state index is 0.253. The van der Waals surface area contributed by atoms with Gasteiger partial charge in [-0.15, -0.1) is 0 Å². The standard InChI is InChI=1S/C14H18N4O/c1-18(9-7-13(15)17-19)10-12-5-2-4-11-6-3-8-16-14(11)12/h2-6,8,19H,7,9-10H2,1H3,(H2,15,17). The molecule has 1 heterocycles. The number of nitrogens with two attached hydrogens (primary N) is 1. The highest BCUT2D eigenvalue weighted by Crippen LogP contribution is 2.17. The van der Waals surface area contributed by atoms with Crippen LogP contribution in [-0.4, -0.2) is 34.5 Å². The highest BCUT2D eigenvalue weighted by Gasteiger charge is 2.06. The second kappa shape index (κ2) is 6.15. The molecule has 0 aliphatic rings. The molecule has 1 aromatic heterocycles. The number of hydrogen-bond acceptors (Lipinski definition) is 4. The Hall–Kier alpha value is -2.14. The second-order valence-electron chi connectivity index (χ2n) is 4.57. The number of hydrogen-bond donors (Lipinski definition) is 2. The highest BCUT2D eigenvalue weighted by molar-refractivity contribution is 5.81. The molecule has 0 unspecified atom stereocenters. The summed E-state index contributed by atoms with van der Waals surface area (Å²) in [6.45, 7) is 1.52. The predicted octanol–water partition coefficient (Wildman–Crippen LogP) is 1.80. The van der Waals surface area contributed by atoms with E-state index in [1.54, 1.807) is 0 Å². The summed E-state index contributed by atoms with van der Waals surface area (Å²) in [4.78, 5) is 6.56. The molecule has 0 saturated carbocycles. The molecule has 0 aliphatic carbocycles. The van der Waals surface area contributed by atoms with Crippen LogP contribution in [-0.2, 0) is 6.54 Å². The maximum atomic E-state index is 8.51. The summed E-state index contributed by atoms with van der Waals surface area (Å²) in [5, 5.41) is 12.6. The van der Waals surface area contributed by atoms with E-state index >= 15 is 0 Å². The van der Waals surface area contributed by atoms with Crippen molar-refractivity contribution in [2.45, 2.75) is 13.0 Å². The van der Waals surface area contributed by atoms with Crippen LogP contribution >= 0.6 is 0 Å². The lowest BCUT2D eigenvalue weighted by Crippen LogP contribution is -2.24. The third kappa shape index (κ3) is 3.42. The van der Waals surface area contributed by atoms with Crippen molar-refractivity contribution < 1.29 is 5.21 Å². The molecule has 0 aliphatic heterocycles. The van der Waals surface area contributed by atoms with E-state index in [0.29, 0.717) is 6.42 Å². The fourth-order valence-corrected chi connectivity index (χ4v) is 2.02. The fourth-order valence-electron chi connectivity index (χ4n) is 2.02. The predicted molar refractivity (Wildman–Crippen MR) is 76.1 cm³/mol. The Morgan fingerprint density at radius 3 is 2.95 bits per heavy atom. The molecule has 5 nitrogen and oxygen atoms in total. The van der Waals surface area contributed by atoms with Crippen LogP contribution in [0.1, 0.15) is 12.0 Å². The maximum Gasteiger partial charge on any atom is 0.140 e. The van der Waals surface area contributed by atoms with E-state index in [2.05, 4.69) is 33.2 Å². The summed E-state index contributed by atoms with van der Waals surface area (Å²) in [5.74, 6) is 0.253. The van der Waals surface area contributed by atoms with Gasteiger partial charge in [0, 0.05) is 31.1 Å². The first-order chi connectivity index (χ1) is 9.20. The monoisotopic (exact) mass is 258 g/mol. The molecular weight excluding hydrogens is 240 g/mol. The van der Waals surface area contributed by atoms with Crippen molar-refractivity contribution in [2.24, 2.45) is 10.9 Å². The van der Waals surface area contributed by atoms with Gasteiger partial charge in [-0.05, 0) is 18.7 Å². The first kappa shape index (κ1) is 13.3. The van der Waals surface area contributed by atoms with Gasteiger partial charge in [0.1, 0.15) is 5.84 Å². The van der Waals surface area contributed by atoms with Crippen LogP contribution < -0.4 is 5.73 Å². The van der Waals surface area contributed by atoms with Gasteiger partial charge in [-0.25, -0.2) is 0 Å². The van der Waals surface area contributed by atoms with Crippen LogP contribution in [0.2, 0.25) is 0 Å². The van der Waals surface area contributed by atoms with Crippen LogP contribution in [0.4, 0.5) is 0 Å². The molecule has 2 aromatic rings. The third-order valence-electron chi connectivity index (χ3n) is 3.03. The van der Waals surface area contributed by atoms with Gasteiger partial charge in [-0.3, -0.25) is 4.98 Å². The summed E-state index contributed by atoms with van der Waals surface area (Å²) < 4.78 is 0. The lowest BCUT2D eigenvalue weighted by Gasteiger charge is -2.17. The topological polar surface area (TPSA) is 74.7 Å². The lowest BCUT2D eigenvalue weighted by molar-refractivity contribution is 0.310. The zero-order chi connectivity index (χ0) is 13.7. The Labute approximate surface area is 112 Å². The average Bonchev–Trinajstić information content (AvgIpc) is 2.45. The molecule has 0 radical (unpaired) electrons. The van der Waals surface area contributed by atoms with Gasteiger partial charge in [0.15, 0.2) is 0 Å². The molecule has 5 heteroatoms. The summed E-state index contributed by atoms with van der Waals surface area (Å²) in [6.07, 6.45) is 2.35. The van der Waals surface area contributed by atoms with Crippen molar-refractivity contribution in [2.75, 3.05) is 13.6 Å². The van der Waals surface area contributed by atoms with Gasteiger partial charge in [-0.1, -0.05) is 29.4 Å². The normalized spacial score (nSPS) is 12.2.